The average molecular weight is 852 g/mol. The second kappa shape index (κ2) is 14.3. The molecule has 0 fully saturated rings. The Morgan fingerprint density at radius 2 is 0.939 bits per heavy atom. The zero-order chi connectivity index (χ0) is 44.3. The maximum atomic E-state index is 6.65. The third-order valence-electron chi connectivity index (χ3n) is 14.9. The summed E-state index contributed by atoms with van der Waals surface area (Å²) in [6.45, 7) is 11.2. The molecule has 1 aliphatic heterocycles. The van der Waals surface area contributed by atoms with E-state index in [4.69, 9.17) is 4.42 Å². The normalized spacial score (nSPS) is 15.0. The SMILES string of the molecule is CC1(C)c2ccccc2-c2ccc(N(c3ccc4c(c3)oc3ccccc34)c3cc4c(cc3-c3ccc5c(c3)N(c3ccccc3)CCN5c3ccccc3)-c3ccccc3C4(C)C)cc21. The van der Waals surface area contributed by atoms with Gasteiger partial charge in [-0.3, -0.25) is 0 Å². The number of hydrogen-bond acceptors (Lipinski definition) is 4. The van der Waals surface area contributed by atoms with Gasteiger partial charge in [0.25, 0.3) is 0 Å². The largest absolute Gasteiger partial charge is 0.456 e. The lowest BCUT2D eigenvalue weighted by molar-refractivity contribution is 0.660. The number of hydrogen-bond donors (Lipinski definition) is 0. The number of rotatable bonds is 6. The first-order valence-electron chi connectivity index (χ1n) is 23.3. The zero-order valence-electron chi connectivity index (χ0n) is 37.7. The Morgan fingerprint density at radius 1 is 0.394 bits per heavy atom. The fourth-order valence-corrected chi connectivity index (χ4v) is 11.6. The van der Waals surface area contributed by atoms with Crippen LogP contribution in [0.2, 0.25) is 0 Å². The van der Waals surface area contributed by atoms with Crippen molar-refractivity contribution >= 4 is 61.8 Å². The predicted molar refractivity (Wildman–Crippen MR) is 276 cm³/mol. The van der Waals surface area contributed by atoms with E-state index in [0.29, 0.717) is 0 Å². The first kappa shape index (κ1) is 38.6. The predicted octanol–water partition coefficient (Wildman–Crippen LogP) is 16.6. The molecule has 10 aromatic rings. The molecule has 4 heteroatoms. The maximum Gasteiger partial charge on any atom is 0.137 e. The van der Waals surface area contributed by atoms with Gasteiger partial charge in [0, 0.05) is 69.1 Å². The number of anilines is 7. The summed E-state index contributed by atoms with van der Waals surface area (Å²) in [6, 6.07) is 74.0. The van der Waals surface area contributed by atoms with Crippen molar-refractivity contribution in [3.63, 3.8) is 0 Å². The molecule has 66 heavy (non-hydrogen) atoms. The Balaban J connectivity index is 1.09. The van der Waals surface area contributed by atoms with E-state index in [0.717, 1.165) is 57.7 Å². The highest BCUT2D eigenvalue weighted by atomic mass is 16.3. The monoisotopic (exact) mass is 851 g/mol. The smallest absolute Gasteiger partial charge is 0.137 e. The van der Waals surface area contributed by atoms with Crippen molar-refractivity contribution in [2.75, 3.05) is 27.8 Å². The van der Waals surface area contributed by atoms with Crippen molar-refractivity contribution in [1.29, 1.82) is 0 Å². The molecule has 4 nitrogen and oxygen atoms in total. The molecule has 2 aliphatic carbocycles. The highest BCUT2D eigenvalue weighted by Crippen LogP contribution is 2.56. The zero-order valence-corrected chi connectivity index (χ0v) is 37.7. The molecule has 1 aromatic heterocycles. The topological polar surface area (TPSA) is 22.9 Å². The second-order valence-electron chi connectivity index (χ2n) is 19.3. The molecule has 0 radical (unpaired) electrons. The van der Waals surface area contributed by atoms with E-state index >= 15 is 0 Å². The van der Waals surface area contributed by atoms with Gasteiger partial charge in [-0.25, -0.2) is 0 Å². The Hall–Kier alpha value is -7.82. The van der Waals surface area contributed by atoms with Crippen molar-refractivity contribution in [3.05, 3.63) is 222 Å². The molecule has 318 valence electrons. The van der Waals surface area contributed by atoms with Gasteiger partial charge in [-0.05, 0) is 129 Å². The molecule has 13 rings (SSSR count). The summed E-state index contributed by atoms with van der Waals surface area (Å²) in [4.78, 5) is 7.47. The van der Waals surface area contributed by atoms with Crippen LogP contribution in [-0.2, 0) is 10.8 Å². The second-order valence-corrected chi connectivity index (χ2v) is 19.3. The lowest BCUT2D eigenvalue weighted by Crippen LogP contribution is -2.36. The van der Waals surface area contributed by atoms with Gasteiger partial charge in [0.05, 0.1) is 17.1 Å². The fourth-order valence-electron chi connectivity index (χ4n) is 11.6. The minimum Gasteiger partial charge on any atom is -0.456 e. The molecule has 0 amide bonds. The average Bonchev–Trinajstić information content (AvgIpc) is 3.93. The van der Waals surface area contributed by atoms with E-state index in [-0.39, 0.29) is 10.8 Å². The molecule has 3 aliphatic rings. The van der Waals surface area contributed by atoms with Crippen LogP contribution in [0, 0.1) is 0 Å². The first-order valence-corrected chi connectivity index (χ1v) is 23.3. The highest BCUT2D eigenvalue weighted by molar-refractivity contribution is 6.07. The van der Waals surface area contributed by atoms with Crippen molar-refractivity contribution in [3.8, 4) is 33.4 Å². The van der Waals surface area contributed by atoms with Crippen LogP contribution < -0.4 is 14.7 Å². The Bertz CT molecular complexity index is 3560. The fraction of sp³-hybridized carbons (Fsp3) is 0.129. The van der Waals surface area contributed by atoms with Gasteiger partial charge in [-0.1, -0.05) is 143 Å². The van der Waals surface area contributed by atoms with Crippen molar-refractivity contribution in [2.24, 2.45) is 0 Å². The third kappa shape index (κ3) is 5.70. The van der Waals surface area contributed by atoms with Crippen LogP contribution in [0.5, 0.6) is 0 Å². The van der Waals surface area contributed by atoms with Crippen LogP contribution in [0.3, 0.4) is 0 Å². The van der Waals surface area contributed by atoms with Gasteiger partial charge in [0.1, 0.15) is 11.2 Å². The molecular weight excluding hydrogens is 803 g/mol. The minimum absolute atomic E-state index is 0.176. The van der Waals surface area contributed by atoms with Gasteiger partial charge >= 0.3 is 0 Å². The van der Waals surface area contributed by atoms with E-state index in [1.165, 1.54) is 72.8 Å². The standard InChI is InChI=1S/C62H49N3O/c1-61(2)52-24-14-11-21-45(52)47-30-28-43(36-54(47)61)65(44-29-31-49-48-23-13-16-26-59(48)66-60(49)37-44)57-39-55-51(46-22-12-15-25-53(46)62(55,3)4)38-50(57)40-27-32-56-58(35-40)64(42-19-9-6-10-20-42)34-33-63(56)41-17-7-5-8-18-41/h5-32,35-39H,33-34H2,1-4H3. The lowest BCUT2D eigenvalue weighted by atomic mass is 9.81. The third-order valence-corrected chi connectivity index (χ3v) is 14.9. The summed E-state index contributed by atoms with van der Waals surface area (Å²) < 4.78 is 6.65. The number of benzene rings is 9. The Morgan fingerprint density at radius 3 is 1.65 bits per heavy atom. The Labute approximate surface area is 386 Å². The van der Waals surface area contributed by atoms with Crippen LogP contribution in [0.4, 0.5) is 39.8 Å². The maximum absolute atomic E-state index is 6.65. The van der Waals surface area contributed by atoms with E-state index in [2.05, 4.69) is 243 Å². The molecule has 0 unspecified atom stereocenters. The molecule has 0 spiro atoms. The highest BCUT2D eigenvalue weighted by Gasteiger charge is 2.39. The lowest BCUT2D eigenvalue weighted by Gasteiger charge is -2.39. The van der Waals surface area contributed by atoms with Gasteiger partial charge in [-0.2, -0.15) is 0 Å². The van der Waals surface area contributed by atoms with Gasteiger partial charge in [-0.15, -0.1) is 0 Å². The first-order chi connectivity index (χ1) is 32.2. The summed E-state index contributed by atoms with van der Waals surface area (Å²) in [5, 5.41) is 2.24. The molecular formula is C62H49N3O. The van der Waals surface area contributed by atoms with Crippen LogP contribution in [0.1, 0.15) is 49.9 Å². The summed E-state index contributed by atoms with van der Waals surface area (Å²) in [5.74, 6) is 0. The van der Waals surface area contributed by atoms with Crippen molar-refractivity contribution < 1.29 is 4.42 Å². The molecule has 9 aromatic carbocycles. The summed E-state index contributed by atoms with van der Waals surface area (Å²) in [7, 11) is 0. The van der Waals surface area contributed by atoms with Crippen molar-refractivity contribution in [1.82, 2.24) is 0 Å². The molecule has 0 N–H and O–H groups in total. The molecule has 0 saturated heterocycles. The van der Waals surface area contributed by atoms with Crippen molar-refractivity contribution in [2.45, 2.75) is 38.5 Å². The van der Waals surface area contributed by atoms with E-state index < -0.39 is 0 Å². The van der Waals surface area contributed by atoms with Crippen LogP contribution >= 0.6 is 0 Å². The van der Waals surface area contributed by atoms with Crippen LogP contribution in [0.15, 0.2) is 205 Å². The summed E-state index contributed by atoms with van der Waals surface area (Å²) in [6.07, 6.45) is 0. The summed E-state index contributed by atoms with van der Waals surface area (Å²) >= 11 is 0. The molecule has 0 atom stereocenters. The molecule has 2 heterocycles. The van der Waals surface area contributed by atoms with Gasteiger partial charge in [0.2, 0.25) is 0 Å². The van der Waals surface area contributed by atoms with E-state index in [1.807, 2.05) is 0 Å². The molecule has 0 bridgehead atoms. The number of para-hydroxylation sites is 3. The molecule has 0 saturated carbocycles. The van der Waals surface area contributed by atoms with Crippen LogP contribution in [-0.4, -0.2) is 13.1 Å². The van der Waals surface area contributed by atoms with Gasteiger partial charge in [0.15, 0.2) is 0 Å². The van der Waals surface area contributed by atoms with Gasteiger partial charge < -0.3 is 19.1 Å². The quantitative estimate of drug-likeness (QED) is 0.166. The number of fused-ring (bicyclic) bond motifs is 10. The summed E-state index contributed by atoms with van der Waals surface area (Å²) in [5.41, 5.74) is 22.3. The minimum atomic E-state index is -0.217. The van der Waals surface area contributed by atoms with Crippen LogP contribution in [0.25, 0.3) is 55.3 Å². The number of furan rings is 1. The van der Waals surface area contributed by atoms with E-state index in [1.54, 1.807) is 0 Å². The Kier molecular flexibility index (Phi) is 8.39. The van der Waals surface area contributed by atoms with E-state index in [9.17, 15) is 0 Å². The number of nitrogens with zero attached hydrogens (tertiary/aromatic N) is 3.